The zero-order valence-electron chi connectivity index (χ0n) is 13.6. The summed E-state index contributed by atoms with van der Waals surface area (Å²) in [5.74, 6) is -0.0776. The molecule has 0 saturated heterocycles. The van der Waals surface area contributed by atoms with Gasteiger partial charge in [-0.1, -0.05) is 19.3 Å². The number of nitrogens with zero attached hydrogens (tertiary/aromatic N) is 2. The van der Waals surface area contributed by atoms with Gasteiger partial charge >= 0.3 is 0 Å². The molecule has 122 valence electrons. The minimum absolute atomic E-state index is 0.0776. The van der Waals surface area contributed by atoms with Crippen molar-refractivity contribution in [3.05, 3.63) is 23.5 Å². The lowest BCUT2D eigenvalue weighted by molar-refractivity contribution is -0.117. The van der Waals surface area contributed by atoms with Crippen molar-refractivity contribution in [2.24, 2.45) is 12.5 Å². The molecule has 1 aromatic heterocycles. The molecule has 1 aromatic rings. The molecule has 0 radical (unpaired) electrons. The molecule has 0 aliphatic heterocycles. The Morgan fingerprint density at radius 2 is 2.18 bits per heavy atom. The van der Waals surface area contributed by atoms with Gasteiger partial charge in [0.05, 0.1) is 6.20 Å². The van der Waals surface area contributed by atoms with E-state index in [1.54, 1.807) is 23.0 Å². The normalized spacial score (nSPS) is 17.8. The molecule has 2 rings (SSSR count). The molecule has 1 heterocycles. The number of aromatic nitrogens is 2. The SMILES string of the molecule is Cc1c(/C=C/C(=O)NCC2(CCO)CCCCC2)cnn1C. The summed E-state index contributed by atoms with van der Waals surface area (Å²) in [7, 11) is 1.88. The lowest BCUT2D eigenvalue weighted by atomic mass is 9.72. The first-order chi connectivity index (χ1) is 10.6. The van der Waals surface area contributed by atoms with E-state index in [4.69, 9.17) is 0 Å². The quantitative estimate of drug-likeness (QED) is 0.792. The fraction of sp³-hybridized carbons (Fsp3) is 0.647. The van der Waals surface area contributed by atoms with Crippen LogP contribution in [0, 0.1) is 12.3 Å². The van der Waals surface area contributed by atoms with E-state index in [0.29, 0.717) is 6.54 Å². The summed E-state index contributed by atoms with van der Waals surface area (Å²) in [5, 5.41) is 16.5. The van der Waals surface area contributed by atoms with Gasteiger partial charge in [0.15, 0.2) is 0 Å². The Bertz CT molecular complexity index is 522. The molecule has 0 unspecified atom stereocenters. The Morgan fingerprint density at radius 3 is 2.77 bits per heavy atom. The Balaban J connectivity index is 1.89. The van der Waals surface area contributed by atoms with Crippen molar-refractivity contribution in [1.29, 1.82) is 0 Å². The number of aryl methyl sites for hydroxylation is 1. The Morgan fingerprint density at radius 1 is 1.45 bits per heavy atom. The number of aliphatic hydroxyl groups excluding tert-OH is 1. The maximum absolute atomic E-state index is 12.0. The fourth-order valence-corrected chi connectivity index (χ4v) is 3.23. The van der Waals surface area contributed by atoms with Gasteiger partial charge in [0, 0.05) is 37.5 Å². The minimum atomic E-state index is -0.0776. The number of rotatable bonds is 6. The Labute approximate surface area is 132 Å². The predicted octanol–water partition coefficient (Wildman–Crippen LogP) is 2.19. The standard InChI is InChI=1S/C17H27N3O2/c1-14-15(12-19-20(14)2)6-7-16(22)18-13-17(10-11-21)8-4-3-5-9-17/h6-7,12,21H,3-5,8-11,13H2,1-2H3,(H,18,22)/b7-6+. The number of hydrogen-bond acceptors (Lipinski definition) is 3. The average molecular weight is 305 g/mol. The highest BCUT2D eigenvalue weighted by Crippen LogP contribution is 2.38. The molecular weight excluding hydrogens is 278 g/mol. The van der Waals surface area contributed by atoms with E-state index >= 15 is 0 Å². The summed E-state index contributed by atoms with van der Waals surface area (Å²) >= 11 is 0. The van der Waals surface area contributed by atoms with E-state index in [-0.39, 0.29) is 17.9 Å². The molecule has 0 atom stereocenters. The maximum atomic E-state index is 12.0. The van der Waals surface area contributed by atoms with Crippen LogP contribution in [0.4, 0.5) is 0 Å². The lowest BCUT2D eigenvalue weighted by Crippen LogP contribution is -2.39. The lowest BCUT2D eigenvalue weighted by Gasteiger charge is -2.37. The van der Waals surface area contributed by atoms with Gasteiger partial charge in [-0.25, -0.2) is 0 Å². The van der Waals surface area contributed by atoms with Crippen LogP contribution in [0.1, 0.15) is 49.8 Å². The first kappa shape index (κ1) is 16.7. The summed E-state index contributed by atoms with van der Waals surface area (Å²) < 4.78 is 1.79. The van der Waals surface area contributed by atoms with Crippen molar-refractivity contribution >= 4 is 12.0 Å². The number of aliphatic hydroxyl groups is 1. The third-order valence-corrected chi connectivity index (χ3v) is 4.88. The molecule has 0 spiro atoms. The largest absolute Gasteiger partial charge is 0.396 e. The number of carbonyl (C=O) groups is 1. The maximum Gasteiger partial charge on any atom is 0.244 e. The summed E-state index contributed by atoms with van der Waals surface area (Å²) in [6.45, 7) is 2.83. The Kier molecular flexibility index (Phi) is 5.77. The molecule has 5 nitrogen and oxygen atoms in total. The highest BCUT2D eigenvalue weighted by molar-refractivity contribution is 5.91. The molecular formula is C17H27N3O2. The second-order valence-electron chi connectivity index (χ2n) is 6.39. The van der Waals surface area contributed by atoms with Gasteiger partial charge in [-0.2, -0.15) is 5.10 Å². The second-order valence-corrected chi connectivity index (χ2v) is 6.39. The van der Waals surface area contributed by atoms with E-state index in [1.165, 1.54) is 19.3 Å². The van der Waals surface area contributed by atoms with Crippen molar-refractivity contribution in [1.82, 2.24) is 15.1 Å². The molecule has 0 bridgehead atoms. The van der Waals surface area contributed by atoms with Gasteiger partial charge in [0.2, 0.25) is 5.91 Å². The number of amides is 1. The molecule has 1 aliphatic rings. The van der Waals surface area contributed by atoms with Crippen LogP contribution in [0.25, 0.3) is 6.08 Å². The van der Waals surface area contributed by atoms with Crippen molar-refractivity contribution in [3.8, 4) is 0 Å². The highest BCUT2D eigenvalue weighted by Gasteiger charge is 2.31. The van der Waals surface area contributed by atoms with Crippen molar-refractivity contribution in [3.63, 3.8) is 0 Å². The van der Waals surface area contributed by atoms with Crippen LogP contribution in [-0.4, -0.2) is 33.9 Å². The van der Waals surface area contributed by atoms with Crippen LogP contribution in [0.5, 0.6) is 0 Å². The summed E-state index contributed by atoms with van der Waals surface area (Å²) in [6.07, 6.45) is 11.8. The van der Waals surface area contributed by atoms with E-state index < -0.39 is 0 Å². The number of carbonyl (C=O) groups excluding carboxylic acids is 1. The van der Waals surface area contributed by atoms with Crippen LogP contribution < -0.4 is 5.32 Å². The van der Waals surface area contributed by atoms with Gasteiger partial charge in [-0.15, -0.1) is 0 Å². The first-order valence-electron chi connectivity index (χ1n) is 8.12. The minimum Gasteiger partial charge on any atom is -0.396 e. The molecule has 1 amide bonds. The summed E-state index contributed by atoms with van der Waals surface area (Å²) in [6, 6.07) is 0. The molecule has 22 heavy (non-hydrogen) atoms. The van der Waals surface area contributed by atoms with Crippen LogP contribution >= 0.6 is 0 Å². The summed E-state index contributed by atoms with van der Waals surface area (Å²) in [5.41, 5.74) is 2.08. The molecule has 1 fully saturated rings. The topological polar surface area (TPSA) is 67.2 Å². The third kappa shape index (κ3) is 4.19. The van der Waals surface area contributed by atoms with Crippen LogP contribution in [-0.2, 0) is 11.8 Å². The molecule has 5 heteroatoms. The molecule has 1 aliphatic carbocycles. The van der Waals surface area contributed by atoms with Gasteiger partial charge in [0.1, 0.15) is 0 Å². The number of hydrogen-bond donors (Lipinski definition) is 2. The molecule has 2 N–H and O–H groups in total. The molecule has 0 aromatic carbocycles. The summed E-state index contributed by atoms with van der Waals surface area (Å²) in [4.78, 5) is 12.0. The van der Waals surface area contributed by atoms with Crippen molar-refractivity contribution in [2.75, 3.05) is 13.2 Å². The zero-order valence-corrected chi connectivity index (χ0v) is 13.6. The van der Waals surface area contributed by atoms with Crippen LogP contribution in [0.3, 0.4) is 0 Å². The first-order valence-corrected chi connectivity index (χ1v) is 8.12. The van der Waals surface area contributed by atoms with Gasteiger partial charge in [-0.05, 0) is 37.7 Å². The monoisotopic (exact) mass is 305 g/mol. The molecule has 1 saturated carbocycles. The van der Waals surface area contributed by atoms with Gasteiger partial charge < -0.3 is 10.4 Å². The van der Waals surface area contributed by atoms with E-state index in [1.807, 2.05) is 14.0 Å². The van der Waals surface area contributed by atoms with Crippen LogP contribution in [0.15, 0.2) is 12.3 Å². The average Bonchev–Trinajstić information content (AvgIpc) is 2.84. The second kappa shape index (κ2) is 7.58. The van der Waals surface area contributed by atoms with Crippen LogP contribution in [0.2, 0.25) is 0 Å². The smallest absolute Gasteiger partial charge is 0.244 e. The predicted molar refractivity (Wildman–Crippen MR) is 87.2 cm³/mol. The third-order valence-electron chi connectivity index (χ3n) is 4.88. The van der Waals surface area contributed by atoms with Crippen molar-refractivity contribution in [2.45, 2.75) is 45.4 Å². The van der Waals surface area contributed by atoms with Gasteiger partial charge in [0.25, 0.3) is 0 Å². The Hall–Kier alpha value is -1.62. The van der Waals surface area contributed by atoms with E-state index in [9.17, 15) is 9.90 Å². The van der Waals surface area contributed by atoms with Crippen molar-refractivity contribution < 1.29 is 9.90 Å². The zero-order chi connectivity index (χ0) is 16.0. The fourth-order valence-electron chi connectivity index (χ4n) is 3.23. The van der Waals surface area contributed by atoms with E-state index in [0.717, 1.165) is 30.5 Å². The highest BCUT2D eigenvalue weighted by atomic mass is 16.3. The van der Waals surface area contributed by atoms with Gasteiger partial charge in [-0.3, -0.25) is 9.48 Å². The number of nitrogens with one attached hydrogen (secondary N) is 1. The van der Waals surface area contributed by atoms with E-state index in [2.05, 4.69) is 10.4 Å².